The SMILES string of the molecule is C=C(/C=C\C=C/C)[C@H](NC(=O)OCc1ccccc1)C(=O)O. The number of amides is 1. The van der Waals surface area contributed by atoms with Crippen molar-refractivity contribution in [2.75, 3.05) is 0 Å². The van der Waals surface area contributed by atoms with Gasteiger partial charge in [0.2, 0.25) is 0 Å². The maximum absolute atomic E-state index is 11.7. The Balaban J connectivity index is 2.57. The fourth-order valence-corrected chi connectivity index (χ4v) is 1.58. The van der Waals surface area contributed by atoms with Crippen molar-refractivity contribution >= 4 is 12.1 Å². The molecule has 116 valence electrons. The Kier molecular flexibility index (Phi) is 7.19. The van der Waals surface area contributed by atoms with Crippen LogP contribution in [0.5, 0.6) is 0 Å². The molecule has 0 aliphatic carbocycles. The summed E-state index contributed by atoms with van der Waals surface area (Å²) in [6.45, 7) is 5.55. The van der Waals surface area contributed by atoms with Gasteiger partial charge in [0.15, 0.2) is 6.04 Å². The van der Waals surface area contributed by atoms with Gasteiger partial charge in [-0.15, -0.1) is 0 Å². The zero-order chi connectivity index (χ0) is 16.4. The number of benzene rings is 1. The van der Waals surface area contributed by atoms with E-state index in [0.717, 1.165) is 5.56 Å². The Bertz CT molecular complexity index is 576. The number of aliphatic carboxylic acids is 1. The molecule has 0 saturated heterocycles. The standard InChI is InChI=1S/C17H19NO4/c1-3-4-6-9-13(2)15(16(19)20)18-17(21)22-12-14-10-7-5-8-11-14/h3-11,15H,2,12H2,1H3,(H,18,21)(H,19,20)/b4-3-,9-6-/t15-/m0/s1. The minimum Gasteiger partial charge on any atom is -0.479 e. The second-order valence-corrected chi connectivity index (χ2v) is 4.44. The van der Waals surface area contributed by atoms with Crippen molar-refractivity contribution in [1.82, 2.24) is 5.32 Å². The lowest BCUT2D eigenvalue weighted by molar-refractivity contribution is -0.138. The summed E-state index contributed by atoms with van der Waals surface area (Å²) in [6.07, 6.45) is 5.89. The highest BCUT2D eigenvalue weighted by molar-refractivity contribution is 5.83. The van der Waals surface area contributed by atoms with E-state index in [1.54, 1.807) is 30.4 Å². The molecular formula is C17H19NO4. The first-order valence-electron chi connectivity index (χ1n) is 6.72. The number of carboxylic acid groups (broad SMARTS) is 1. The van der Waals surface area contributed by atoms with Gasteiger partial charge in [-0.1, -0.05) is 61.2 Å². The molecule has 1 aromatic carbocycles. The highest BCUT2D eigenvalue weighted by atomic mass is 16.5. The summed E-state index contributed by atoms with van der Waals surface area (Å²) in [5.41, 5.74) is 1.07. The van der Waals surface area contributed by atoms with Crippen molar-refractivity contribution in [3.63, 3.8) is 0 Å². The predicted octanol–water partition coefficient (Wildman–Crippen LogP) is 3.05. The largest absolute Gasteiger partial charge is 0.479 e. The van der Waals surface area contributed by atoms with Gasteiger partial charge in [0, 0.05) is 0 Å². The molecule has 1 aromatic rings. The first kappa shape index (κ1) is 17.2. The number of rotatable bonds is 7. The van der Waals surface area contributed by atoms with E-state index in [2.05, 4.69) is 11.9 Å². The lowest BCUT2D eigenvalue weighted by Crippen LogP contribution is -2.41. The van der Waals surface area contributed by atoms with E-state index in [0.29, 0.717) is 0 Å². The second kappa shape index (κ2) is 9.18. The second-order valence-electron chi connectivity index (χ2n) is 4.44. The zero-order valence-corrected chi connectivity index (χ0v) is 12.4. The molecule has 1 amide bonds. The summed E-state index contributed by atoms with van der Waals surface area (Å²) in [7, 11) is 0. The van der Waals surface area contributed by atoms with E-state index in [1.165, 1.54) is 6.08 Å². The molecule has 5 heteroatoms. The highest BCUT2D eigenvalue weighted by Crippen LogP contribution is 2.05. The number of allylic oxidation sites excluding steroid dienone is 3. The van der Waals surface area contributed by atoms with Crippen LogP contribution in [-0.4, -0.2) is 23.2 Å². The van der Waals surface area contributed by atoms with Gasteiger partial charge >= 0.3 is 12.1 Å². The van der Waals surface area contributed by atoms with Gasteiger partial charge in [-0.05, 0) is 18.1 Å². The van der Waals surface area contributed by atoms with Crippen LogP contribution in [0, 0.1) is 0 Å². The molecule has 0 radical (unpaired) electrons. The topological polar surface area (TPSA) is 75.6 Å². The Morgan fingerprint density at radius 2 is 2.00 bits per heavy atom. The number of hydrogen-bond acceptors (Lipinski definition) is 3. The van der Waals surface area contributed by atoms with Crippen molar-refractivity contribution in [2.45, 2.75) is 19.6 Å². The quantitative estimate of drug-likeness (QED) is 0.759. The molecule has 5 nitrogen and oxygen atoms in total. The van der Waals surface area contributed by atoms with E-state index >= 15 is 0 Å². The summed E-state index contributed by atoms with van der Waals surface area (Å²) in [6, 6.07) is 7.88. The molecule has 1 atom stereocenters. The van der Waals surface area contributed by atoms with Crippen molar-refractivity contribution in [2.24, 2.45) is 0 Å². The molecule has 0 aromatic heterocycles. The maximum Gasteiger partial charge on any atom is 0.408 e. The Morgan fingerprint density at radius 3 is 2.59 bits per heavy atom. The van der Waals surface area contributed by atoms with E-state index in [4.69, 9.17) is 9.84 Å². The molecule has 0 fully saturated rings. The van der Waals surface area contributed by atoms with Crippen LogP contribution in [0.1, 0.15) is 12.5 Å². The number of nitrogens with one attached hydrogen (secondary N) is 1. The van der Waals surface area contributed by atoms with Gasteiger partial charge in [-0.25, -0.2) is 9.59 Å². The molecule has 22 heavy (non-hydrogen) atoms. The molecule has 1 rings (SSSR count). The fourth-order valence-electron chi connectivity index (χ4n) is 1.58. The molecule has 0 unspecified atom stereocenters. The first-order valence-corrected chi connectivity index (χ1v) is 6.72. The maximum atomic E-state index is 11.7. The molecule has 0 saturated carbocycles. The zero-order valence-electron chi connectivity index (χ0n) is 12.4. The minimum absolute atomic E-state index is 0.0693. The normalized spacial score (nSPS) is 12.2. The number of carbonyl (C=O) groups excluding carboxylic acids is 1. The molecule has 0 heterocycles. The lowest BCUT2D eigenvalue weighted by atomic mass is 10.1. The molecule has 0 aliphatic heterocycles. The average Bonchev–Trinajstić information content (AvgIpc) is 2.51. The molecule has 0 aliphatic rings. The van der Waals surface area contributed by atoms with Gasteiger partial charge < -0.3 is 15.2 Å². The highest BCUT2D eigenvalue weighted by Gasteiger charge is 2.22. The number of hydrogen-bond donors (Lipinski definition) is 2. The number of carbonyl (C=O) groups is 2. The number of alkyl carbamates (subject to hydrolysis) is 1. The van der Waals surface area contributed by atoms with Crippen molar-refractivity contribution in [3.8, 4) is 0 Å². The average molecular weight is 301 g/mol. The monoisotopic (exact) mass is 301 g/mol. The van der Waals surface area contributed by atoms with Crippen LogP contribution in [0.4, 0.5) is 4.79 Å². The third kappa shape index (κ3) is 6.09. The Morgan fingerprint density at radius 1 is 1.32 bits per heavy atom. The van der Waals surface area contributed by atoms with E-state index in [-0.39, 0.29) is 12.2 Å². The van der Waals surface area contributed by atoms with Crippen LogP contribution in [-0.2, 0) is 16.1 Å². The summed E-state index contributed by atoms with van der Waals surface area (Å²) >= 11 is 0. The summed E-state index contributed by atoms with van der Waals surface area (Å²) in [4.78, 5) is 22.9. The third-order valence-electron chi connectivity index (χ3n) is 2.71. The smallest absolute Gasteiger partial charge is 0.408 e. The van der Waals surface area contributed by atoms with Crippen LogP contribution >= 0.6 is 0 Å². The van der Waals surface area contributed by atoms with Gasteiger partial charge in [-0.3, -0.25) is 0 Å². The van der Waals surface area contributed by atoms with E-state index in [1.807, 2.05) is 25.1 Å². The lowest BCUT2D eigenvalue weighted by Gasteiger charge is -2.14. The van der Waals surface area contributed by atoms with Gasteiger partial charge in [-0.2, -0.15) is 0 Å². The van der Waals surface area contributed by atoms with Crippen LogP contribution in [0.25, 0.3) is 0 Å². The Hall–Kier alpha value is -2.82. The van der Waals surface area contributed by atoms with Gasteiger partial charge in [0.05, 0.1) is 0 Å². The van der Waals surface area contributed by atoms with Crippen LogP contribution < -0.4 is 5.32 Å². The van der Waals surface area contributed by atoms with Gasteiger partial charge in [0.25, 0.3) is 0 Å². The third-order valence-corrected chi connectivity index (χ3v) is 2.71. The Labute approximate surface area is 129 Å². The van der Waals surface area contributed by atoms with Gasteiger partial charge in [0.1, 0.15) is 6.61 Å². The summed E-state index contributed by atoms with van der Waals surface area (Å²) < 4.78 is 4.99. The minimum atomic E-state index is -1.23. The van der Waals surface area contributed by atoms with E-state index < -0.39 is 18.1 Å². The molecule has 0 spiro atoms. The molecular weight excluding hydrogens is 282 g/mol. The van der Waals surface area contributed by atoms with Crippen LogP contribution in [0.15, 0.2) is 66.8 Å². The molecule has 2 N–H and O–H groups in total. The van der Waals surface area contributed by atoms with Crippen molar-refractivity contribution < 1.29 is 19.4 Å². The van der Waals surface area contributed by atoms with E-state index in [9.17, 15) is 9.59 Å². The van der Waals surface area contributed by atoms with Crippen LogP contribution in [0.2, 0.25) is 0 Å². The number of carboxylic acids is 1. The van der Waals surface area contributed by atoms with Crippen LogP contribution in [0.3, 0.4) is 0 Å². The van der Waals surface area contributed by atoms with Crippen molar-refractivity contribution in [3.05, 3.63) is 72.4 Å². The number of ether oxygens (including phenoxy) is 1. The summed E-state index contributed by atoms with van der Waals surface area (Å²) in [5, 5.41) is 11.4. The molecule has 0 bridgehead atoms. The predicted molar refractivity (Wildman–Crippen MR) is 84.3 cm³/mol. The fraction of sp³-hybridized carbons (Fsp3) is 0.176. The summed E-state index contributed by atoms with van der Waals surface area (Å²) in [5.74, 6) is -1.20. The van der Waals surface area contributed by atoms with Crippen molar-refractivity contribution in [1.29, 1.82) is 0 Å². The first-order chi connectivity index (χ1) is 10.5.